The highest BCUT2D eigenvalue weighted by Gasteiger charge is 2.04. The van der Waals surface area contributed by atoms with E-state index in [1.54, 1.807) is 11.8 Å². The molecule has 0 amide bonds. The third-order valence-electron chi connectivity index (χ3n) is 2.95. The van der Waals surface area contributed by atoms with Crippen LogP contribution in [0.1, 0.15) is 12.5 Å². The molecule has 2 aromatic carbocycles. The highest BCUT2D eigenvalue weighted by Crippen LogP contribution is 2.28. The van der Waals surface area contributed by atoms with Crippen LogP contribution in [-0.4, -0.2) is 19.0 Å². The number of nitrogens with two attached hydrogens (primary N) is 1. The van der Waals surface area contributed by atoms with E-state index < -0.39 is 0 Å². The number of ether oxygens (including phenoxy) is 2. The second-order valence-corrected chi connectivity index (χ2v) is 5.74. The molecule has 0 fully saturated rings. The van der Waals surface area contributed by atoms with Crippen molar-refractivity contribution in [2.24, 2.45) is 0 Å². The highest BCUT2D eigenvalue weighted by molar-refractivity contribution is 7.99. The Morgan fingerprint density at radius 1 is 1.05 bits per heavy atom. The van der Waals surface area contributed by atoms with Crippen molar-refractivity contribution >= 4 is 17.4 Å². The number of nitrogen functional groups attached to an aromatic ring is 1. The van der Waals surface area contributed by atoms with Crippen molar-refractivity contribution in [3.63, 3.8) is 0 Å². The maximum atomic E-state index is 5.80. The van der Waals surface area contributed by atoms with Gasteiger partial charge in [-0.15, -0.1) is 11.8 Å². The van der Waals surface area contributed by atoms with Crippen molar-refractivity contribution in [2.45, 2.75) is 18.7 Å². The Morgan fingerprint density at radius 3 is 2.43 bits per heavy atom. The fourth-order valence-electron chi connectivity index (χ4n) is 1.98. The molecule has 0 spiro atoms. The Labute approximate surface area is 130 Å². The summed E-state index contributed by atoms with van der Waals surface area (Å²) in [6, 6.07) is 13.7. The molecule has 0 bridgehead atoms. The molecule has 0 unspecified atom stereocenters. The van der Waals surface area contributed by atoms with Crippen LogP contribution < -0.4 is 15.2 Å². The standard InChI is InChI=1S/C17H21NO2S/c1-3-19-15-6-4-5-7-16(15)20-10-11-21-17-9-8-14(18)12-13(17)2/h4-9,12H,3,10-11,18H2,1-2H3. The second kappa shape index (κ2) is 7.84. The van der Waals surface area contributed by atoms with E-state index in [1.165, 1.54) is 10.5 Å². The predicted molar refractivity (Wildman–Crippen MR) is 89.4 cm³/mol. The van der Waals surface area contributed by atoms with Gasteiger partial charge >= 0.3 is 0 Å². The SMILES string of the molecule is CCOc1ccccc1OCCSc1ccc(N)cc1C. The molecule has 0 aliphatic heterocycles. The normalized spacial score (nSPS) is 10.4. The van der Waals surface area contributed by atoms with E-state index in [2.05, 4.69) is 13.0 Å². The topological polar surface area (TPSA) is 44.5 Å². The lowest BCUT2D eigenvalue weighted by molar-refractivity contribution is 0.289. The fraction of sp³-hybridized carbons (Fsp3) is 0.294. The van der Waals surface area contributed by atoms with Crippen molar-refractivity contribution in [3.8, 4) is 11.5 Å². The Bertz CT molecular complexity index is 587. The number of hydrogen-bond donors (Lipinski definition) is 1. The van der Waals surface area contributed by atoms with Gasteiger partial charge in [0.05, 0.1) is 13.2 Å². The Balaban J connectivity index is 1.84. The third kappa shape index (κ3) is 4.60. The van der Waals surface area contributed by atoms with Crippen molar-refractivity contribution < 1.29 is 9.47 Å². The summed E-state index contributed by atoms with van der Waals surface area (Å²) in [5.74, 6) is 2.48. The zero-order chi connectivity index (χ0) is 15.1. The van der Waals surface area contributed by atoms with Crippen molar-refractivity contribution in [1.82, 2.24) is 0 Å². The number of benzene rings is 2. The number of hydrogen-bond acceptors (Lipinski definition) is 4. The van der Waals surface area contributed by atoms with Gasteiger partial charge in [-0.2, -0.15) is 0 Å². The van der Waals surface area contributed by atoms with Crippen LogP contribution in [0.2, 0.25) is 0 Å². The summed E-state index contributed by atoms with van der Waals surface area (Å²) in [5, 5.41) is 0. The van der Waals surface area contributed by atoms with Gasteiger partial charge in [0.15, 0.2) is 11.5 Å². The van der Waals surface area contributed by atoms with E-state index in [1.807, 2.05) is 43.3 Å². The van der Waals surface area contributed by atoms with E-state index in [-0.39, 0.29) is 0 Å². The first-order valence-electron chi connectivity index (χ1n) is 7.04. The lowest BCUT2D eigenvalue weighted by Crippen LogP contribution is -2.03. The van der Waals surface area contributed by atoms with Gasteiger partial charge in [0.2, 0.25) is 0 Å². The summed E-state index contributed by atoms with van der Waals surface area (Å²) < 4.78 is 11.3. The molecule has 0 heterocycles. The quantitative estimate of drug-likeness (QED) is 0.474. The fourth-order valence-corrected chi connectivity index (χ4v) is 2.82. The van der Waals surface area contributed by atoms with Crippen molar-refractivity contribution in [1.29, 1.82) is 0 Å². The van der Waals surface area contributed by atoms with Gasteiger partial charge in [-0.25, -0.2) is 0 Å². The van der Waals surface area contributed by atoms with E-state index in [0.717, 1.165) is 22.9 Å². The molecule has 2 rings (SSSR count). The van der Waals surface area contributed by atoms with Crippen LogP contribution in [0.3, 0.4) is 0 Å². The van der Waals surface area contributed by atoms with Crippen LogP contribution in [-0.2, 0) is 0 Å². The number of aryl methyl sites for hydroxylation is 1. The Kier molecular flexibility index (Phi) is 5.81. The van der Waals surface area contributed by atoms with Crippen LogP contribution in [0.15, 0.2) is 47.4 Å². The van der Waals surface area contributed by atoms with Crippen LogP contribution in [0, 0.1) is 6.92 Å². The van der Waals surface area contributed by atoms with Gasteiger partial charge in [0.1, 0.15) is 0 Å². The average molecular weight is 303 g/mol. The summed E-state index contributed by atoms with van der Waals surface area (Å²) in [4.78, 5) is 1.24. The average Bonchev–Trinajstić information content (AvgIpc) is 2.47. The Hall–Kier alpha value is -1.81. The van der Waals surface area contributed by atoms with Crippen LogP contribution in [0.4, 0.5) is 5.69 Å². The van der Waals surface area contributed by atoms with Gasteiger partial charge in [-0.05, 0) is 49.7 Å². The molecule has 112 valence electrons. The molecule has 0 aliphatic rings. The van der Waals surface area contributed by atoms with E-state index in [9.17, 15) is 0 Å². The number of thioether (sulfide) groups is 1. The molecule has 2 aromatic rings. The first-order valence-corrected chi connectivity index (χ1v) is 8.03. The zero-order valence-electron chi connectivity index (χ0n) is 12.5. The molecule has 3 nitrogen and oxygen atoms in total. The first-order chi connectivity index (χ1) is 10.2. The van der Waals surface area contributed by atoms with Crippen molar-refractivity contribution in [2.75, 3.05) is 24.7 Å². The zero-order valence-corrected chi connectivity index (χ0v) is 13.3. The van der Waals surface area contributed by atoms with Gasteiger partial charge in [-0.3, -0.25) is 0 Å². The van der Waals surface area contributed by atoms with Gasteiger partial charge < -0.3 is 15.2 Å². The summed E-state index contributed by atoms with van der Waals surface area (Å²) in [6.07, 6.45) is 0. The lowest BCUT2D eigenvalue weighted by Gasteiger charge is -2.12. The maximum Gasteiger partial charge on any atom is 0.161 e. The Morgan fingerprint density at radius 2 is 1.76 bits per heavy atom. The third-order valence-corrected chi connectivity index (χ3v) is 4.09. The molecule has 0 radical (unpaired) electrons. The minimum atomic E-state index is 0.637. The molecule has 0 aliphatic carbocycles. The molecule has 0 aromatic heterocycles. The summed E-state index contributed by atoms with van der Waals surface area (Å²) in [7, 11) is 0. The van der Waals surface area contributed by atoms with E-state index in [0.29, 0.717) is 13.2 Å². The summed E-state index contributed by atoms with van der Waals surface area (Å²) >= 11 is 1.77. The molecular weight excluding hydrogens is 282 g/mol. The van der Waals surface area contributed by atoms with Gasteiger partial charge in [0, 0.05) is 16.3 Å². The smallest absolute Gasteiger partial charge is 0.161 e. The van der Waals surface area contributed by atoms with E-state index in [4.69, 9.17) is 15.2 Å². The molecule has 0 atom stereocenters. The number of para-hydroxylation sites is 2. The van der Waals surface area contributed by atoms with Crippen LogP contribution in [0.5, 0.6) is 11.5 Å². The number of anilines is 1. The van der Waals surface area contributed by atoms with Crippen LogP contribution >= 0.6 is 11.8 Å². The van der Waals surface area contributed by atoms with Crippen LogP contribution in [0.25, 0.3) is 0 Å². The predicted octanol–water partition coefficient (Wildman–Crippen LogP) is 4.15. The summed E-state index contributed by atoms with van der Waals surface area (Å²) in [6.45, 7) is 5.32. The molecule has 0 saturated carbocycles. The minimum Gasteiger partial charge on any atom is -0.490 e. The first kappa shape index (κ1) is 15.6. The molecular formula is C17H21NO2S. The lowest BCUT2D eigenvalue weighted by atomic mass is 10.2. The minimum absolute atomic E-state index is 0.637. The molecule has 4 heteroatoms. The summed E-state index contributed by atoms with van der Waals surface area (Å²) in [5.41, 5.74) is 7.76. The van der Waals surface area contributed by atoms with Crippen molar-refractivity contribution in [3.05, 3.63) is 48.0 Å². The monoisotopic (exact) mass is 303 g/mol. The maximum absolute atomic E-state index is 5.80. The van der Waals surface area contributed by atoms with Gasteiger partial charge in [-0.1, -0.05) is 12.1 Å². The molecule has 21 heavy (non-hydrogen) atoms. The second-order valence-electron chi connectivity index (χ2n) is 4.60. The van der Waals surface area contributed by atoms with Gasteiger partial charge in [0.25, 0.3) is 0 Å². The molecule has 2 N–H and O–H groups in total. The largest absolute Gasteiger partial charge is 0.490 e. The van der Waals surface area contributed by atoms with E-state index >= 15 is 0 Å². The molecule has 0 saturated heterocycles. The number of rotatable bonds is 7. The highest BCUT2D eigenvalue weighted by atomic mass is 32.2.